The fourth-order valence-corrected chi connectivity index (χ4v) is 2.21. The zero-order chi connectivity index (χ0) is 14.8. The summed E-state index contributed by atoms with van der Waals surface area (Å²) in [6.07, 6.45) is -4.44. The summed E-state index contributed by atoms with van der Waals surface area (Å²) in [4.78, 5) is 16.2. The molecular weight excluding hydrogens is 279 g/mol. The van der Waals surface area contributed by atoms with Gasteiger partial charge < -0.3 is 5.73 Å². The lowest BCUT2D eigenvalue weighted by molar-refractivity contribution is -0.140. The van der Waals surface area contributed by atoms with Crippen LogP contribution in [0.3, 0.4) is 0 Å². The van der Waals surface area contributed by atoms with Crippen molar-refractivity contribution >= 4 is 17.2 Å². The molecule has 4 nitrogen and oxygen atoms in total. The van der Waals surface area contributed by atoms with E-state index in [4.69, 9.17) is 5.73 Å². The molecule has 1 aromatic rings. The maximum absolute atomic E-state index is 12.4. The first-order valence-electron chi connectivity index (χ1n) is 5.55. The maximum atomic E-state index is 12.4. The summed E-state index contributed by atoms with van der Waals surface area (Å²) in [7, 11) is 0. The molecule has 0 bridgehead atoms. The van der Waals surface area contributed by atoms with Crippen LogP contribution in [-0.2, 0) is 17.5 Å². The van der Waals surface area contributed by atoms with Crippen LogP contribution in [0.4, 0.5) is 13.2 Å². The van der Waals surface area contributed by atoms with Crippen molar-refractivity contribution in [2.24, 2.45) is 5.73 Å². The van der Waals surface area contributed by atoms with Gasteiger partial charge in [-0.1, -0.05) is 0 Å². The Morgan fingerprint density at radius 2 is 2.00 bits per heavy atom. The summed E-state index contributed by atoms with van der Waals surface area (Å²) in [5.41, 5.74) is 3.85. The molecule has 0 radical (unpaired) electrons. The van der Waals surface area contributed by atoms with Crippen molar-refractivity contribution in [2.45, 2.75) is 39.0 Å². The third-order valence-electron chi connectivity index (χ3n) is 2.46. The van der Waals surface area contributed by atoms with E-state index in [0.717, 1.165) is 16.7 Å². The Kier molecular flexibility index (Phi) is 4.57. The van der Waals surface area contributed by atoms with E-state index < -0.39 is 17.8 Å². The van der Waals surface area contributed by atoms with Gasteiger partial charge in [-0.2, -0.15) is 13.2 Å². The van der Waals surface area contributed by atoms with Gasteiger partial charge in [-0.25, -0.2) is 4.98 Å². The maximum Gasteiger partial charge on any atom is 0.434 e. The molecule has 8 heteroatoms. The highest BCUT2D eigenvalue weighted by molar-refractivity contribution is 7.09. The normalized spacial score (nSPS) is 13.0. The first kappa shape index (κ1) is 15.9. The standard InChI is InChI=1S/C11H16F3N3OS/c1-10(2,3)17(4-8(15)18)5-9-16-7(6-19-9)11(12,13)14/h6H,4-5H2,1-3H3,(H2,15,18). The minimum Gasteiger partial charge on any atom is -0.369 e. The van der Waals surface area contributed by atoms with Crippen LogP contribution in [0.25, 0.3) is 0 Å². The number of alkyl halides is 3. The monoisotopic (exact) mass is 295 g/mol. The zero-order valence-electron chi connectivity index (χ0n) is 10.9. The third-order valence-corrected chi connectivity index (χ3v) is 3.30. The minimum absolute atomic E-state index is 0.0234. The average molecular weight is 295 g/mol. The number of nitrogens with two attached hydrogens (primary N) is 1. The van der Waals surface area contributed by atoms with Crippen LogP contribution in [0.15, 0.2) is 5.38 Å². The molecule has 1 heterocycles. The van der Waals surface area contributed by atoms with E-state index in [-0.39, 0.29) is 18.6 Å². The zero-order valence-corrected chi connectivity index (χ0v) is 11.7. The highest BCUT2D eigenvalue weighted by atomic mass is 32.1. The Bertz CT molecular complexity index is 451. The molecule has 1 rings (SSSR count). The summed E-state index contributed by atoms with van der Waals surface area (Å²) in [6, 6.07) is 0. The second-order valence-electron chi connectivity index (χ2n) is 5.12. The van der Waals surface area contributed by atoms with Crippen molar-refractivity contribution in [3.05, 3.63) is 16.1 Å². The summed E-state index contributed by atoms with van der Waals surface area (Å²) < 4.78 is 37.3. The van der Waals surface area contributed by atoms with E-state index in [0.29, 0.717) is 5.01 Å². The number of primary amides is 1. The quantitative estimate of drug-likeness (QED) is 0.927. The van der Waals surface area contributed by atoms with E-state index >= 15 is 0 Å². The predicted octanol–water partition coefficient (Wildman–Crippen LogP) is 2.25. The van der Waals surface area contributed by atoms with Crippen molar-refractivity contribution in [3.8, 4) is 0 Å². The van der Waals surface area contributed by atoms with Gasteiger partial charge >= 0.3 is 6.18 Å². The van der Waals surface area contributed by atoms with Crippen molar-refractivity contribution < 1.29 is 18.0 Å². The van der Waals surface area contributed by atoms with Gasteiger partial charge in [0.05, 0.1) is 13.1 Å². The van der Waals surface area contributed by atoms with Crippen molar-refractivity contribution in [1.29, 1.82) is 0 Å². The number of thiazole rings is 1. The molecular formula is C11H16F3N3OS. The van der Waals surface area contributed by atoms with Crippen LogP contribution >= 0.6 is 11.3 Å². The van der Waals surface area contributed by atoms with Gasteiger partial charge in [0, 0.05) is 10.9 Å². The summed E-state index contributed by atoms with van der Waals surface area (Å²) in [6.45, 7) is 5.70. The second-order valence-corrected chi connectivity index (χ2v) is 6.06. The average Bonchev–Trinajstić information content (AvgIpc) is 2.62. The molecule has 0 atom stereocenters. The topological polar surface area (TPSA) is 59.2 Å². The Morgan fingerprint density at radius 3 is 2.37 bits per heavy atom. The number of rotatable bonds is 4. The molecule has 0 aliphatic carbocycles. The molecule has 19 heavy (non-hydrogen) atoms. The van der Waals surface area contributed by atoms with E-state index in [2.05, 4.69) is 4.98 Å². The van der Waals surface area contributed by atoms with Crippen LogP contribution in [-0.4, -0.2) is 27.9 Å². The number of carbonyl (C=O) groups excluding carboxylic acids is 1. The third kappa shape index (κ3) is 4.79. The lowest BCUT2D eigenvalue weighted by Gasteiger charge is -2.33. The predicted molar refractivity (Wildman–Crippen MR) is 66.5 cm³/mol. The highest BCUT2D eigenvalue weighted by Gasteiger charge is 2.34. The molecule has 0 aliphatic rings. The van der Waals surface area contributed by atoms with Crippen LogP contribution in [0.5, 0.6) is 0 Å². The van der Waals surface area contributed by atoms with Gasteiger partial charge in [0.25, 0.3) is 0 Å². The molecule has 1 aromatic heterocycles. The highest BCUT2D eigenvalue weighted by Crippen LogP contribution is 2.30. The van der Waals surface area contributed by atoms with E-state index in [1.54, 1.807) is 4.90 Å². The van der Waals surface area contributed by atoms with E-state index in [1.807, 2.05) is 20.8 Å². The van der Waals surface area contributed by atoms with Gasteiger partial charge in [0.15, 0.2) is 5.69 Å². The van der Waals surface area contributed by atoms with E-state index in [9.17, 15) is 18.0 Å². The number of hydrogen-bond acceptors (Lipinski definition) is 4. The molecule has 0 saturated carbocycles. The van der Waals surface area contributed by atoms with Crippen LogP contribution in [0.2, 0.25) is 0 Å². The van der Waals surface area contributed by atoms with Crippen molar-refractivity contribution in [3.63, 3.8) is 0 Å². The van der Waals surface area contributed by atoms with Crippen molar-refractivity contribution in [1.82, 2.24) is 9.88 Å². The Hall–Kier alpha value is -1.15. The van der Waals surface area contributed by atoms with Gasteiger partial charge in [0.2, 0.25) is 5.91 Å². The summed E-state index contributed by atoms with van der Waals surface area (Å²) in [5, 5.41) is 1.28. The summed E-state index contributed by atoms with van der Waals surface area (Å²) >= 11 is 0.923. The van der Waals surface area contributed by atoms with Gasteiger partial charge in [-0.15, -0.1) is 11.3 Å². The second kappa shape index (κ2) is 5.46. The van der Waals surface area contributed by atoms with Gasteiger partial charge in [0.1, 0.15) is 5.01 Å². The fourth-order valence-electron chi connectivity index (χ4n) is 1.40. The lowest BCUT2D eigenvalue weighted by atomic mass is 10.1. The number of nitrogens with zero attached hydrogens (tertiary/aromatic N) is 2. The fraction of sp³-hybridized carbons (Fsp3) is 0.636. The number of hydrogen-bond donors (Lipinski definition) is 1. The number of halogens is 3. The molecule has 108 valence electrons. The van der Waals surface area contributed by atoms with Crippen LogP contribution in [0.1, 0.15) is 31.5 Å². The SMILES string of the molecule is CC(C)(C)N(CC(N)=O)Cc1nc(C(F)(F)F)cs1. The molecule has 0 fully saturated rings. The molecule has 1 amide bonds. The van der Waals surface area contributed by atoms with E-state index in [1.165, 1.54) is 0 Å². The number of aromatic nitrogens is 1. The van der Waals surface area contributed by atoms with Gasteiger partial charge in [-0.3, -0.25) is 9.69 Å². The Morgan fingerprint density at radius 1 is 1.42 bits per heavy atom. The lowest BCUT2D eigenvalue weighted by Crippen LogP contribution is -2.45. The molecule has 0 aromatic carbocycles. The summed E-state index contributed by atoms with van der Waals surface area (Å²) in [5.74, 6) is -0.525. The molecule has 0 aliphatic heterocycles. The van der Waals surface area contributed by atoms with Crippen LogP contribution < -0.4 is 5.73 Å². The Balaban J connectivity index is 2.85. The van der Waals surface area contributed by atoms with Crippen LogP contribution in [0, 0.1) is 0 Å². The first-order chi connectivity index (χ1) is 8.50. The largest absolute Gasteiger partial charge is 0.434 e. The van der Waals surface area contributed by atoms with Crippen molar-refractivity contribution in [2.75, 3.05) is 6.54 Å². The molecule has 0 unspecified atom stereocenters. The Labute approximate surface area is 113 Å². The molecule has 0 spiro atoms. The number of amides is 1. The molecule has 0 saturated heterocycles. The number of carbonyl (C=O) groups is 1. The first-order valence-corrected chi connectivity index (χ1v) is 6.43. The minimum atomic E-state index is -4.44. The molecule has 2 N–H and O–H groups in total. The van der Waals surface area contributed by atoms with Gasteiger partial charge in [-0.05, 0) is 20.8 Å². The smallest absolute Gasteiger partial charge is 0.369 e.